The van der Waals surface area contributed by atoms with E-state index < -0.39 is 71.2 Å². The van der Waals surface area contributed by atoms with Gasteiger partial charge in [-0.3, -0.25) is 34.7 Å². The van der Waals surface area contributed by atoms with Crippen LogP contribution >= 0.6 is 15.9 Å². The van der Waals surface area contributed by atoms with Gasteiger partial charge in [-0.05, 0) is 284 Å². The molecule has 5 amide bonds. The molecule has 12 bridgehead atoms. The van der Waals surface area contributed by atoms with Gasteiger partial charge in [0.2, 0.25) is 0 Å². The highest BCUT2D eigenvalue weighted by Crippen LogP contribution is 2.46. The Morgan fingerprint density at radius 3 is 1.01 bits per heavy atom. The molecule has 0 spiro atoms. The Balaban J connectivity index is 0.000000175. The van der Waals surface area contributed by atoms with Gasteiger partial charge in [-0.25, -0.2) is 53.7 Å². The fourth-order valence-electron chi connectivity index (χ4n) is 17.5. The highest BCUT2D eigenvalue weighted by atomic mass is 79.9. The largest absolute Gasteiger partial charge is 0.444 e. The SMILES string of the molecule is CC(C)(C)OC(=O)Nc1ccc(C2CC[C@@H]3CN(c4nc(C(C)(C)C)ccc4C(=O)NS(=O)(=O)c4cccc(n4)N2)C(C)(C)C3)nc1.CC(C)(C)OC(N)=O.CC(C)(C)c1ccc2c(n1)N1C[C@@H](CCC(c3ccc(Br)cn3)Nc3cccc(n3)S(=O)(=O)NC2=O)CC1(C)C.CC(C)(C)c1ccc2c(n1)N1C[C@@H](CCC(c3ccc(N)cn3)Nc3cccc(n3)S(=O)(=O)NC2=O)CC1(C)C. The molecular weight excluding hydrogens is 1840 g/mol. The quantitative estimate of drug-likeness (QED) is 0.0790. The van der Waals surface area contributed by atoms with Gasteiger partial charge in [0, 0.05) is 80.2 Å². The van der Waals surface area contributed by atoms with E-state index in [1.54, 1.807) is 145 Å². The maximum atomic E-state index is 13.7. The molecule has 11 N–H and O–H groups in total. The number of sulfonamides is 3. The topological polar surface area (TPSA) is 468 Å². The number of hydrogen-bond acceptors (Lipinski definition) is 29. The van der Waals surface area contributed by atoms with E-state index in [-0.39, 0.29) is 88.7 Å². The summed E-state index contributed by atoms with van der Waals surface area (Å²) in [6.45, 7) is 44.1. The van der Waals surface area contributed by atoms with Gasteiger partial charge in [0.15, 0.2) is 15.1 Å². The van der Waals surface area contributed by atoms with Crippen LogP contribution in [0.2, 0.25) is 0 Å². The number of nitrogen functional groups attached to an aromatic ring is 1. The summed E-state index contributed by atoms with van der Waals surface area (Å²) in [6.07, 6.45) is 11.0. The van der Waals surface area contributed by atoms with Crippen molar-refractivity contribution >= 4 is 122 Å². The number of primary amides is 1. The van der Waals surface area contributed by atoms with Crippen LogP contribution in [0.4, 0.5) is 55.9 Å². The lowest BCUT2D eigenvalue weighted by Crippen LogP contribution is -2.41. The number of ether oxygens (including phenoxy) is 2. The number of carbonyl (C=O) groups is 5. The summed E-state index contributed by atoms with van der Waals surface area (Å²) in [5.41, 5.74) is 14.3. The molecule has 3 fully saturated rings. The fourth-order valence-corrected chi connectivity index (χ4v) is 20.5. The van der Waals surface area contributed by atoms with Gasteiger partial charge in [-0.2, -0.15) is 25.3 Å². The van der Waals surface area contributed by atoms with Crippen molar-refractivity contribution in [1.29, 1.82) is 0 Å². The van der Waals surface area contributed by atoms with Crippen molar-refractivity contribution in [1.82, 2.24) is 59.0 Å². The minimum Gasteiger partial charge on any atom is -0.444 e. The smallest absolute Gasteiger partial charge is 0.412 e. The molecule has 9 aromatic heterocycles. The van der Waals surface area contributed by atoms with Crippen LogP contribution in [0.3, 0.4) is 0 Å². The van der Waals surface area contributed by atoms with Gasteiger partial charge in [-0.1, -0.05) is 80.5 Å². The molecule has 15 rings (SSSR count). The van der Waals surface area contributed by atoms with Crippen LogP contribution in [-0.4, -0.2) is 147 Å². The first-order valence-electron chi connectivity index (χ1n) is 45.3. The number of nitrogens with zero attached hydrogens (tertiary/aromatic N) is 12. The van der Waals surface area contributed by atoms with Crippen molar-refractivity contribution in [2.24, 2.45) is 23.5 Å². The molecule has 0 saturated carbocycles. The second kappa shape index (κ2) is 39.5. The van der Waals surface area contributed by atoms with E-state index in [4.69, 9.17) is 31.2 Å². The number of anilines is 8. The van der Waals surface area contributed by atoms with Gasteiger partial charge in [0.1, 0.15) is 46.1 Å². The van der Waals surface area contributed by atoms with E-state index in [9.17, 15) is 49.2 Å². The van der Waals surface area contributed by atoms with E-state index in [1.165, 1.54) is 18.2 Å². The monoisotopic (exact) mass is 1970 g/mol. The first-order chi connectivity index (χ1) is 62.7. The third-order valence-corrected chi connectivity index (χ3v) is 28.2. The zero-order chi connectivity index (χ0) is 98.9. The third kappa shape index (κ3) is 26.1. The Morgan fingerprint density at radius 1 is 0.415 bits per heavy atom. The number of hydrogen-bond donors (Lipinski definition) is 9. The summed E-state index contributed by atoms with van der Waals surface area (Å²) < 4.78 is 97.9. The summed E-state index contributed by atoms with van der Waals surface area (Å²) in [5, 5.41) is 12.1. The summed E-state index contributed by atoms with van der Waals surface area (Å²) in [5.74, 6) is 1.25. The van der Waals surface area contributed by atoms with Gasteiger partial charge >= 0.3 is 12.2 Å². The number of nitrogens with two attached hydrogens (primary N) is 2. The third-order valence-electron chi connectivity index (χ3n) is 24.0. The summed E-state index contributed by atoms with van der Waals surface area (Å²) >= 11 is 3.45. The van der Waals surface area contributed by atoms with Crippen LogP contribution < -0.4 is 61.6 Å². The molecule has 0 aliphatic carbocycles. The molecule has 9 aromatic rings. The molecule has 0 radical (unpaired) electrons. The predicted molar refractivity (Wildman–Crippen MR) is 526 cm³/mol. The second-order valence-corrected chi connectivity index (χ2v) is 48.0. The highest BCUT2D eigenvalue weighted by molar-refractivity contribution is 9.10. The van der Waals surface area contributed by atoms with Crippen LogP contribution in [0.15, 0.2) is 166 Å². The zero-order valence-corrected chi connectivity index (χ0v) is 84.8. The highest BCUT2D eigenvalue weighted by Gasteiger charge is 2.46. The number of carbonyl (C=O) groups excluding carboxylic acids is 5. The lowest BCUT2D eigenvalue weighted by molar-refractivity contribution is 0.0596. The Kier molecular flexibility index (Phi) is 29.9. The van der Waals surface area contributed by atoms with Crippen molar-refractivity contribution in [3.8, 4) is 0 Å². The number of rotatable bonds is 4. The summed E-state index contributed by atoms with van der Waals surface area (Å²) in [7, 11) is -12.9. The van der Waals surface area contributed by atoms with E-state index in [2.05, 4.69) is 205 Å². The minimum absolute atomic E-state index is 0.187. The maximum absolute atomic E-state index is 13.7. The van der Waals surface area contributed by atoms with E-state index in [1.807, 2.05) is 24.3 Å². The number of amides is 5. The fraction of sp³-hybridized carbons (Fsp3) is 0.485. The molecule has 6 aliphatic heterocycles. The molecule has 38 heteroatoms. The Morgan fingerprint density at radius 2 is 0.733 bits per heavy atom. The molecule has 135 heavy (non-hydrogen) atoms. The number of halogens is 1. The van der Waals surface area contributed by atoms with Crippen LogP contribution in [-0.2, 0) is 55.8 Å². The zero-order valence-electron chi connectivity index (χ0n) is 80.7. The average Bonchev–Trinajstić information content (AvgIpc) is 1.64. The van der Waals surface area contributed by atoms with Crippen molar-refractivity contribution in [3.63, 3.8) is 0 Å². The molecule has 3 unspecified atom stereocenters. The van der Waals surface area contributed by atoms with Gasteiger partial charge in [-0.15, -0.1) is 0 Å². The lowest BCUT2D eigenvalue weighted by atomic mass is 9.90. The summed E-state index contributed by atoms with van der Waals surface area (Å²) in [4.78, 5) is 111. The van der Waals surface area contributed by atoms with Gasteiger partial charge in [0.25, 0.3) is 47.8 Å². The van der Waals surface area contributed by atoms with Crippen LogP contribution in [0, 0.1) is 17.8 Å². The van der Waals surface area contributed by atoms with Crippen LogP contribution in [0.5, 0.6) is 0 Å². The second-order valence-electron chi connectivity index (χ2n) is 42.2. The Bertz CT molecular complexity index is 6010. The molecule has 724 valence electrons. The molecule has 3 saturated heterocycles. The number of aromatic nitrogens is 9. The van der Waals surface area contributed by atoms with Crippen LogP contribution in [0.25, 0.3) is 0 Å². The first-order valence-corrected chi connectivity index (χ1v) is 50.5. The van der Waals surface area contributed by atoms with E-state index in [0.29, 0.717) is 89.9 Å². The normalized spacial score (nSPS) is 21.2. The van der Waals surface area contributed by atoms with Crippen molar-refractivity contribution in [2.75, 3.05) is 61.3 Å². The molecular formula is C97H128BrN21O13S3. The molecule has 6 aliphatic rings. The lowest BCUT2D eigenvalue weighted by Gasteiger charge is -2.34. The van der Waals surface area contributed by atoms with Crippen molar-refractivity contribution in [3.05, 3.63) is 201 Å². The Hall–Kier alpha value is -11.8. The number of nitrogens with one attached hydrogen (secondary N) is 7. The van der Waals surface area contributed by atoms with E-state index >= 15 is 0 Å². The summed E-state index contributed by atoms with van der Waals surface area (Å²) in [6, 6.07) is 34.8. The molecule has 6 atom stereocenters. The average molecular weight is 1970 g/mol. The van der Waals surface area contributed by atoms with Crippen molar-refractivity contribution in [2.45, 2.75) is 280 Å². The maximum Gasteiger partial charge on any atom is 0.412 e. The number of pyridine rings is 9. The standard InChI is InChI=1S/C34H45N7O5S.C29H35BrN6O3S.C29H37N7O3S.C5H11NO2/c1-32(2,3)26-17-14-23-29(38-26)41-20-21(18-34(41,7)8)12-15-25(24-16-13-22(19-35-24)36-31(43)46-33(4,5)6)37-27-10-9-11-28(39-27)47(44,45)40-30(23)42;2*1-28(2,3)23-14-11-20-26(33-23)36-17-18(15-29(36,4)5)9-12-22(21-13-10-19(30)16-31-21)32-24-7-6-8-25(34-24)40(38,39)35-27(20)37;1-5(2,3)8-4(6)7/h9-11,13-14,16-17,19,21,25H,12,15,18,20H2,1-8H3,(H,36,43)(H,37,39)(H,40,42);6-8,10-11,13-14,16,18,22H,9,12,15,17H2,1-5H3,(H,32,34)(H,35,37);6-8,10-11,13-14,16,18,22H,9,12,15,17,30H2,1-5H3,(H,32,34)(H,35,37);1-3H3,(H2,6,7)/t21-,25?;2*18-,22?;/m000./s1. The molecule has 0 aromatic carbocycles. The van der Waals surface area contributed by atoms with Gasteiger partial charge < -0.3 is 51.6 Å². The van der Waals surface area contributed by atoms with Crippen molar-refractivity contribution < 1.29 is 58.7 Å². The number of fused-ring (bicyclic) bond motifs is 18. The molecule has 15 heterocycles. The van der Waals surface area contributed by atoms with Gasteiger partial charge in [0.05, 0.1) is 75.7 Å². The van der Waals surface area contributed by atoms with E-state index in [0.717, 1.165) is 84.3 Å². The first kappa shape index (κ1) is 102. The van der Waals surface area contributed by atoms with Crippen LogP contribution in [0.1, 0.15) is 287 Å². The predicted octanol–water partition coefficient (Wildman–Crippen LogP) is 17.1. The minimum atomic E-state index is -4.33. The Labute approximate surface area is 801 Å². The molecule has 34 nitrogen and oxygen atoms in total.